The van der Waals surface area contributed by atoms with Crippen LogP contribution >= 0.6 is 0 Å². The number of nitrogens with zero attached hydrogens (tertiary/aromatic N) is 1. The molecule has 0 saturated carbocycles. The van der Waals surface area contributed by atoms with Gasteiger partial charge < -0.3 is 5.43 Å². The summed E-state index contributed by atoms with van der Waals surface area (Å²) in [5, 5.41) is 1.92. The van der Waals surface area contributed by atoms with Crippen LogP contribution in [0.4, 0.5) is 15.8 Å². The van der Waals surface area contributed by atoms with Crippen molar-refractivity contribution in [2.45, 2.75) is 33.2 Å². The molecule has 0 aromatic heterocycles. The maximum absolute atomic E-state index is 13.5. The lowest BCUT2D eigenvalue weighted by atomic mass is 10.1. The Hall–Kier alpha value is -1.29. The minimum Gasteiger partial charge on any atom is -0.302 e. The van der Waals surface area contributed by atoms with Gasteiger partial charge in [-0.2, -0.15) is 0 Å². The first-order chi connectivity index (χ1) is 6.89. The van der Waals surface area contributed by atoms with Crippen molar-refractivity contribution < 1.29 is 4.39 Å². The van der Waals surface area contributed by atoms with E-state index in [1.165, 1.54) is 0 Å². The molecule has 3 nitrogen and oxygen atoms in total. The number of halogens is 1. The molecule has 0 bridgehead atoms. The van der Waals surface area contributed by atoms with Gasteiger partial charge in [0.05, 0.1) is 11.4 Å². The molecular formula is C11H16FN3. The van der Waals surface area contributed by atoms with Crippen LogP contribution in [0.3, 0.4) is 0 Å². The molecule has 0 radical (unpaired) electrons. The molecule has 1 aliphatic heterocycles. The average Bonchev–Trinajstić information content (AvgIpc) is 2.47. The molecule has 82 valence electrons. The minimum atomic E-state index is -0.173. The predicted molar refractivity (Wildman–Crippen MR) is 60.1 cm³/mol. The largest absolute Gasteiger partial charge is 0.302 e. The number of anilines is 2. The summed E-state index contributed by atoms with van der Waals surface area (Å²) in [6.07, 6.45) is 0. The molecule has 1 aromatic carbocycles. The summed E-state index contributed by atoms with van der Waals surface area (Å²) in [4.78, 5) is 0. The van der Waals surface area contributed by atoms with E-state index in [1.54, 1.807) is 13.0 Å². The summed E-state index contributed by atoms with van der Waals surface area (Å²) in [5.41, 5.74) is 8.39. The first-order valence-corrected chi connectivity index (χ1v) is 5.01. The van der Waals surface area contributed by atoms with E-state index < -0.39 is 0 Å². The second-order valence-corrected chi connectivity index (χ2v) is 4.86. The maximum Gasteiger partial charge on any atom is 0.128 e. The van der Waals surface area contributed by atoms with E-state index in [1.807, 2.05) is 11.1 Å². The summed E-state index contributed by atoms with van der Waals surface area (Å²) in [6, 6.07) is 3.37. The number of hydrogen-bond donors (Lipinski definition) is 2. The fraction of sp³-hybridized carbons (Fsp3) is 0.455. The second-order valence-electron chi connectivity index (χ2n) is 4.86. The van der Waals surface area contributed by atoms with Crippen LogP contribution in [0.1, 0.15) is 26.3 Å². The highest BCUT2D eigenvalue weighted by Crippen LogP contribution is 2.35. The zero-order valence-corrected chi connectivity index (χ0v) is 9.48. The van der Waals surface area contributed by atoms with Crippen molar-refractivity contribution in [2.75, 3.05) is 10.4 Å². The molecule has 0 amide bonds. The van der Waals surface area contributed by atoms with Crippen LogP contribution < -0.4 is 16.0 Å². The third kappa shape index (κ3) is 1.65. The van der Waals surface area contributed by atoms with Crippen LogP contribution in [0.5, 0.6) is 0 Å². The Bertz CT molecular complexity index is 396. The van der Waals surface area contributed by atoms with Crippen LogP contribution in [0, 0.1) is 12.7 Å². The van der Waals surface area contributed by atoms with Gasteiger partial charge in [-0.25, -0.2) is 4.39 Å². The van der Waals surface area contributed by atoms with Crippen LogP contribution in [0.15, 0.2) is 12.1 Å². The van der Waals surface area contributed by atoms with Gasteiger partial charge in [0.25, 0.3) is 0 Å². The number of rotatable bonds is 0. The molecule has 0 unspecified atom stereocenters. The number of hydrazine groups is 2. The van der Waals surface area contributed by atoms with Gasteiger partial charge in [0.1, 0.15) is 5.82 Å². The van der Waals surface area contributed by atoms with E-state index in [0.717, 1.165) is 11.4 Å². The summed E-state index contributed by atoms with van der Waals surface area (Å²) in [6.45, 7) is 7.95. The Balaban J connectivity index is 2.47. The Kier molecular flexibility index (Phi) is 2.12. The predicted octanol–water partition coefficient (Wildman–Crippen LogP) is 2.58. The van der Waals surface area contributed by atoms with Gasteiger partial charge in [-0.3, -0.25) is 5.01 Å². The quantitative estimate of drug-likeness (QED) is 0.687. The number of fused-ring (bicyclic) bond motifs is 1. The molecule has 0 fully saturated rings. The Morgan fingerprint density at radius 3 is 2.53 bits per heavy atom. The topological polar surface area (TPSA) is 27.3 Å². The molecule has 2 N–H and O–H groups in total. The molecule has 0 atom stereocenters. The molecule has 2 rings (SSSR count). The van der Waals surface area contributed by atoms with Gasteiger partial charge in [-0.15, -0.1) is 5.53 Å². The minimum absolute atomic E-state index is 0.0973. The van der Waals surface area contributed by atoms with Gasteiger partial charge in [-0.1, -0.05) is 0 Å². The van der Waals surface area contributed by atoms with Crippen molar-refractivity contribution in [2.24, 2.45) is 0 Å². The number of hydrogen-bond acceptors (Lipinski definition) is 3. The summed E-state index contributed by atoms with van der Waals surface area (Å²) in [7, 11) is 0. The molecular weight excluding hydrogens is 193 g/mol. The molecule has 0 aliphatic carbocycles. The summed E-state index contributed by atoms with van der Waals surface area (Å²) >= 11 is 0. The van der Waals surface area contributed by atoms with Gasteiger partial charge in [0.2, 0.25) is 0 Å². The fourth-order valence-corrected chi connectivity index (χ4v) is 1.66. The lowest BCUT2D eigenvalue weighted by molar-refractivity contribution is 0.473. The molecule has 1 aromatic rings. The number of benzene rings is 1. The van der Waals surface area contributed by atoms with Crippen molar-refractivity contribution >= 4 is 11.4 Å². The lowest BCUT2D eigenvalue weighted by Gasteiger charge is -2.32. The van der Waals surface area contributed by atoms with Crippen LogP contribution in [-0.4, -0.2) is 5.54 Å². The SMILES string of the molecule is Cc1cc2c(cc1F)N(C(C)(C)C)NN2. The Morgan fingerprint density at radius 1 is 1.27 bits per heavy atom. The first kappa shape index (κ1) is 10.2. The number of aryl methyl sites for hydroxylation is 1. The van der Waals surface area contributed by atoms with E-state index >= 15 is 0 Å². The highest BCUT2D eigenvalue weighted by Gasteiger charge is 2.29. The average molecular weight is 209 g/mol. The molecule has 1 heterocycles. The van der Waals surface area contributed by atoms with E-state index in [0.29, 0.717) is 5.56 Å². The van der Waals surface area contributed by atoms with Crippen molar-refractivity contribution in [3.05, 3.63) is 23.5 Å². The maximum atomic E-state index is 13.5. The third-order valence-electron chi connectivity index (χ3n) is 2.49. The second kappa shape index (κ2) is 3.10. The molecule has 0 saturated heterocycles. The van der Waals surface area contributed by atoms with Crippen molar-refractivity contribution in [1.29, 1.82) is 0 Å². The Labute approximate surface area is 89.2 Å². The number of nitrogens with one attached hydrogen (secondary N) is 2. The van der Waals surface area contributed by atoms with E-state index in [4.69, 9.17) is 0 Å². The van der Waals surface area contributed by atoms with Crippen LogP contribution in [0.2, 0.25) is 0 Å². The highest BCUT2D eigenvalue weighted by atomic mass is 19.1. The fourth-order valence-electron chi connectivity index (χ4n) is 1.66. The van der Waals surface area contributed by atoms with Gasteiger partial charge in [0, 0.05) is 11.6 Å². The standard InChI is InChI=1S/C11H16FN3/c1-7-5-9-10(6-8(7)12)15(14-13-9)11(2,3)4/h5-6,13-14H,1-4H3. The molecule has 4 heteroatoms. The normalized spacial score (nSPS) is 15.1. The Morgan fingerprint density at radius 2 is 1.93 bits per heavy atom. The first-order valence-electron chi connectivity index (χ1n) is 5.01. The smallest absolute Gasteiger partial charge is 0.128 e. The lowest BCUT2D eigenvalue weighted by Crippen LogP contribution is -2.49. The van der Waals surface area contributed by atoms with Gasteiger partial charge in [0.15, 0.2) is 0 Å². The van der Waals surface area contributed by atoms with E-state index in [9.17, 15) is 4.39 Å². The molecule has 1 aliphatic rings. The summed E-state index contributed by atoms with van der Waals surface area (Å²) in [5.74, 6) is -0.173. The van der Waals surface area contributed by atoms with E-state index in [2.05, 4.69) is 31.7 Å². The molecule has 0 spiro atoms. The van der Waals surface area contributed by atoms with E-state index in [-0.39, 0.29) is 11.4 Å². The zero-order chi connectivity index (χ0) is 11.2. The van der Waals surface area contributed by atoms with Crippen molar-refractivity contribution in [1.82, 2.24) is 5.53 Å². The van der Waals surface area contributed by atoms with Crippen molar-refractivity contribution in [3.63, 3.8) is 0 Å². The van der Waals surface area contributed by atoms with Crippen molar-refractivity contribution in [3.8, 4) is 0 Å². The molecule has 15 heavy (non-hydrogen) atoms. The summed E-state index contributed by atoms with van der Waals surface area (Å²) < 4.78 is 13.5. The highest BCUT2D eigenvalue weighted by molar-refractivity contribution is 5.74. The third-order valence-corrected chi connectivity index (χ3v) is 2.49. The monoisotopic (exact) mass is 209 g/mol. The van der Waals surface area contributed by atoms with Crippen LogP contribution in [-0.2, 0) is 0 Å². The zero-order valence-electron chi connectivity index (χ0n) is 9.48. The van der Waals surface area contributed by atoms with Gasteiger partial charge >= 0.3 is 0 Å². The van der Waals surface area contributed by atoms with Gasteiger partial charge in [-0.05, 0) is 39.3 Å². The van der Waals surface area contributed by atoms with Crippen LogP contribution in [0.25, 0.3) is 0 Å².